The number of H-pyrrole nitrogens is 1. The number of halogens is 2. The maximum Gasteiger partial charge on any atom is 0.211 e. The van der Waals surface area contributed by atoms with Crippen LogP contribution in [0.25, 0.3) is 11.0 Å². The number of hydrogen-bond acceptors (Lipinski definition) is 2. The van der Waals surface area contributed by atoms with Crippen LogP contribution in [0.3, 0.4) is 0 Å². The van der Waals surface area contributed by atoms with E-state index in [-0.39, 0.29) is 0 Å². The maximum absolute atomic E-state index is 8.82. The number of rotatable bonds is 0. The van der Waals surface area contributed by atoms with Crippen molar-refractivity contribution in [3.63, 3.8) is 0 Å². The summed E-state index contributed by atoms with van der Waals surface area (Å²) < 4.78 is 0. The van der Waals surface area contributed by atoms with Crippen molar-refractivity contribution in [3.8, 4) is 6.07 Å². The molecule has 17 heavy (non-hydrogen) atoms. The first-order valence-electron chi connectivity index (χ1n) is 5.06. The Balaban J connectivity index is 0.000000686. The molecule has 2 rings (SSSR count). The smallest absolute Gasteiger partial charge is 0.211 e. The lowest BCUT2D eigenvalue weighted by molar-refractivity contribution is 1.24. The normalized spacial score (nSPS) is 9.71. The molecule has 1 aromatic carbocycles. The minimum Gasteiger partial charge on any atom is -0.329 e. The van der Waals surface area contributed by atoms with Gasteiger partial charge in [0.25, 0.3) is 0 Å². The van der Waals surface area contributed by atoms with Gasteiger partial charge >= 0.3 is 0 Å². The fraction of sp³-hybridized carbons (Fsp3) is 0.333. The summed E-state index contributed by atoms with van der Waals surface area (Å²) >= 11 is 4.24. The molecule has 0 aliphatic heterocycles. The lowest BCUT2D eigenvalue weighted by atomic mass is 9.98. The third kappa shape index (κ3) is 2.57. The number of nitriles is 1. The lowest BCUT2D eigenvalue weighted by Gasteiger charge is -2.09. The molecular formula is C12H13I2N3. The van der Waals surface area contributed by atoms with Crippen LogP contribution in [-0.2, 0) is 0 Å². The zero-order chi connectivity index (χ0) is 13.2. The number of aromatic nitrogens is 2. The topological polar surface area (TPSA) is 52.5 Å². The van der Waals surface area contributed by atoms with E-state index < -0.39 is 0 Å². The molecule has 3 nitrogen and oxygen atoms in total. The van der Waals surface area contributed by atoms with Gasteiger partial charge in [0.15, 0.2) is 0 Å². The number of nitrogens with one attached hydrogen (secondary N) is 1. The van der Waals surface area contributed by atoms with Crippen LogP contribution >= 0.6 is 37.2 Å². The van der Waals surface area contributed by atoms with E-state index in [0.29, 0.717) is 5.82 Å². The molecule has 1 N–H and O–H groups in total. The third-order valence-electron chi connectivity index (χ3n) is 3.23. The first kappa shape index (κ1) is 14.7. The highest BCUT2D eigenvalue weighted by molar-refractivity contribution is 15.0. The summed E-state index contributed by atoms with van der Waals surface area (Å²) in [7, 11) is 0. The zero-order valence-electron chi connectivity index (χ0n) is 10.2. The van der Waals surface area contributed by atoms with Gasteiger partial charge in [0.1, 0.15) is 6.07 Å². The summed E-state index contributed by atoms with van der Waals surface area (Å²) in [5.41, 5.74) is 6.79. The number of hydrogen-bond donors (Lipinski definition) is 1. The summed E-state index contributed by atoms with van der Waals surface area (Å²) in [5.74, 6) is 0.390. The quantitative estimate of drug-likeness (QED) is 0.601. The largest absolute Gasteiger partial charge is 0.329 e. The summed E-state index contributed by atoms with van der Waals surface area (Å²) in [4.78, 5) is 7.33. The average molecular weight is 453 g/mol. The van der Waals surface area contributed by atoms with E-state index in [2.05, 4.69) is 68.0 Å². The molecule has 0 bridgehead atoms. The molecule has 90 valence electrons. The summed E-state index contributed by atoms with van der Waals surface area (Å²) in [6.45, 7) is 8.30. The van der Waals surface area contributed by atoms with Gasteiger partial charge in [-0.3, -0.25) is 0 Å². The van der Waals surface area contributed by atoms with Crippen LogP contribution in [0, 0.1) is 39.0 Å². The Bertz CT molecular complexity index is 549. The van der Waals surface area contributed by atoms with Gasteiger partial charge in [-0.05, 0) is 49.9 Å². The van der Waals surface area contributed by atoms with Gasteiger partial charge in [0.2, 0.25) is 5.82 Å². The van der Waals surface area contributed by atoms with E-state index in [0.717, 1.165) is 16.6 Å². The molecule has 0 radical (unpaired) electrons. The highest BCUT2D eigenvalue weighted by Gasteiger charge is 2.12. The SMILES string of the molecule is Cc1c(C)c(C)c2[nH]c(C#N)nc2c1C.II. The molecule has 2 aromatic rings. The van der Waals surface area contributed by atoms with E-state index in [1.807, 2.05) is 13.0 Å². The molecule has 0 saturated carbocycles. The summed E-state index contributed by atoms with van der Waals surface area (Å²) in [6.07, 6.45) is 0. The Labute approximate surface area is 124 Å². The molecule has 0 aliphatic rings. The van der Waals surface area contributed by atoms with E-state index >= 15 is 0 Å². The molecule has 1 heterocycles. The van der Waals surface area contributed by atoms with Crippen LogP contribution in [0.4, 0.5) is 0 Å². The van der Waals surface area contributed by atoms with Gasteiger partial charge in [0, 0.05) is 37.2 Å². The molecule has 0 amide bonds. The van der Waals surface area contributed by atoms with E-state index in [1.165, 1.54) is 16.7 Å². The van der Waals surface area contributed by atoms with Crippen molar-refractivity contribution < 1.29 is 0 Å². The molecule has 0 aliphatic carbocycles. The van der Waals surface area contributed by atoms with Crippen molar-refractivity contribution in [2.24, 2.45) is 0 Å². The summed E-state index contributed by atoms with van der Waals surface area (Å²) in [5, 5.41) is 8.82. The number of fused-ring (bicyclic) bond motifs is 1. The molecule has 0 fully saturated rings. The lowest BCUT2D eigenvalue weighted by Crippen LogP contribution is -1.92. The van der Waals surface area contributed by atoms with Crippen LogP contribution in [0.2, 0.25) is 0 Å². The second kappa shape index (κ2) is 6.00. The number of imidazole rings is 1. The van der Waals surface area contributed by atoms with Crippen LogP contribution in [0.1, 0.15) is 28.1 Å². The molecule has 1 aromatic heterocycles. The second-order valence-corrected chi connectivity index (χ2v) is 3.92. The van der Waals surface area contributed by atoms with Crippen LogP contribution in [0.5, 0.6) is 0 Å². The van der Waals surface area contributed by atoms with Gasteiger partial charge in [-0.15, -0.1) is 0 Å². The number of nitrogens with zero attached hydrogens (tertiary/aromatic N) is 2. The molecule has 0 spiro atoms. The van der Waals surface area contributed by atoms with Crippen molar-refractivity contribution in [2.45, 2.75) is 27.7 Å². The van der Waals surface area contributed by atoms with Gasteiger partial charge < -0.3 is 4.98 Å². The predicted octanol–water partition coefficient (Wildman–Crippen LogP) is 4.44. The maximum atomic E-state index is 8.82. The highest BCUT2D eigenvalue weighted by Crippen LogP contribution is 2.26. The fourth-order valence-electron chi connectivity index (χ4n) is 1.90. The molecular weight excluding hydrogens is 440 g/mol. The Morgan fingerprint density at radius 1 is 1.00 bits per heavy atom. The molecule has 0 atom stereocenters. The monoisotopic (exact) mass is 453 g/mol. The van der Waals surface area contributed by atoms with Crippen LogP contribution in [0.15, 0.2) is 0 Å². The Hall–Kier alpha value is -0.360. The number of aromatic amines is 1. The molecule has 0 unspecified atom stereocenters. The van der Waals surface area contributed by atoms with E-state index in [4.69, 9.17) is 5.26 Å². The standard InChI is InChI=1S/C12H13N3.I2/c1-6-7(2)9(4)12-11(8(6)3)14-10(5-13)15-12;1-2/h1-4H3,(H,14,15);. The van der Waals surface area contributed by atoms with Gasteiger partial charge in [-0.1, -0.05) is 0 Å². The van der Waals surface area contributed by atoms with Gasteiger partial charge in [0.05, 0.1) is 11.0 Å². The highest BCUT2D eigenvalue weighted by atomic mass is 128. The van der Waals surface area contributed by atoms with Crippen LogP contribution < -0.4 is 0 Å². The Morgan fingerprint density at radius 3 is 2.06 bits per heavy atom. The van der Waals surface area contributed by atoms with Crippen molar-refractivity contribution in [3.05, 3.63) is 28.1 Å². The molecule has 5 heteroatoms. The van der Waals surface area contributed by atoms with Gasteiger partial charge in [-0.2, -0.15) is 5.26 Å². The second-order valence-electron chi connectivity index (χ2n) is 3.92. The minimum atomic E-state index is 0.390. The number of benzene rings is 1. The first-order chi connectivity index (χ1) is 8.06. The van der Waals surface area contributed by atoms with Crippen LogP contribution in [-0.4, -0.2) is 9.97 Å². The number of aryl methyl sites for hydroxylation is 2. The molecule has 0 saturated heterocycles. The van der Waals surface area contributed by atoms with E-state index in [9.17, 15) is 0 Å². The Morgan fingerprint density at radius 2 is 1.53 bits per heavy atom. The van der Waals surface area contributed by atoms with Crippen molar-refractivity contribution in [2.75, 3.05) is 0 Å². The zero-order valence-corrected chi connectivity index (χ0v) is 14.5. The minimum absolute atomic E-state index is 0.390. The van der Waals surface area contributed by atoms with Crippen molar-refractivity contribution >= 4 is 48.3 Å². The van der Waals surface area contributed by atoms with Gasteiger partial charge in [-0.25, -0.2) is 4.98 Å². The summed E-state index contributed by atoms with van der Waals surface area (Å²) in [6, 6.07) is 2.04. The fourth-order valence-corrected chi connectivity index (χ4v) is 1.90. The Kier molecular flexibility index (Phi) is 5.19. The van der Waals surface area contributed by atoms with E-state index in [1.54, 1.807) is 0 Å². The predicted molar refractivity (Wildman–Crippen MR) is 87.8 cm³/mol. The average Bonchev–Trinajstić information content (AvgIpc) is 2.80. The third-order valence-corrected chi connectivity index (χ3v) is 3.23. The first-order valence-corrected chi connectivity index (χ1v) is 11.3. The van der Waals surface area contributed by atoms with Crippen molar-refractivity contribution in [1.29, 1.82) is 5.26 Å². The van der Waals surface area contributed by atoms with Crippen molar-refractivity contribution in [1.82, 2.24) is 9.97 Å².